The van der Waals surface area contributed by atoms with Crippen LogP contribution in [0.2, 0.25) is 0 Å². The Hall–Kier alpha value is -2.91. The van der Waals surface area contributed by atoms with Gasteiger partial charge in [0.2, 0.25) is 11.9 Å². The van der Waals surface area contributed by atoms with Gasteiger partial charge in [0.15, 0.2) is 36.1 Å². The molecular formula is C28H41N5O9. The van der Waals surface area contributed by atoms with Gasteiger partial charge in [-0.15, -0.1) is 0 Å². The number of hydrogen-bond acceptors (Lipinski definition) is 11. The lowest BCUT2D eigenvalue weighted by molar-refractivity contribution is -0.226. The van der Waals surface area contributed by atoms with E-state index in [2.05, 4.69) is 20.3 Å². The van der Waals surface area contributed by atoms with Gasteiger partial charge in [-0.05, 0) is 38.5 Å². The van der Waals surface area contributed by atoms with Crippen molar-refractivity contribution in [1.82, 2.24) is 19.5 Å². The first-order valence-corrected chi connectivity index (χ1v) is 14.8. The van der Waals surface area contributed by atoms with Crippen molar-refractivity contribution in [3.05, 3.63) is 16.7 Å². The van der Waals surface area contributed by atoms with E-state index in [4.69, 9.17) is 28.4 Å². The predicted octanol–water partition coefficient (Wildman–Crippen LogP) is 2.63. The van der Waals surface area contributed by atoms with Crippen molar-refractivity contribution in [3.8, 4) is 0 Å². The second kappa shape index (κ2) is 13.6. The second-order valence-electron chi connectivity index (χ2n) is 11.5. The molecule has 3 fully saturated rings. The fraction of sp³-hybridized carbons (Fsp3) is 0.750. The number of anilines is 1. The lowest BCUT2D eigenvalue weighted by Gasteiger charge is -2.31. The monoisotopic (exact) mass is 591 g/mol. The molecule has 3 aliphatic rings. The maximum atomic E-state index is 13.0. The molecule has 0 spiro atoms. The lowest BCUT2D eigenvalue weighted by atomic mass is 10.1. The lowest BCUT2D eigenvalue weighted by Crippen LogP contribution is -2.44. The van der Waals surface area contributed by atoms with E-state index in [0.29, 0.717) is 19.6 Å². The molecule has 0 saturated carbocycles. The number of amides is 1. The molecule has 2 unspecified atom stereocenters. The SMILES string of the molecule is CC(C)C(=O)Nc1nc2c(ncn2C2O[C@H](COC3CCCCO3)[C@@H](O[C@H]3CCCCO3)[C@@H]2OC(=O)C(C)C)c(=O)[nH]1. The molecule has 232 valence electrons. The zero-order chi connectivity index (χ0) is 29.8. The number of fused-ring (bicyclic) bond motifs is 1. The highest BCUT2D eigenvalue weighted by Gasteiger charge is 2.51. The van der Waals surface area contributed by atoms with Gasteiger partial charge in [0, 0.05) is 19.1 Å². The predicted molar refractivity (Wildman–Crippen MR) is 148 cm³/mol. The third kappa shape index (κ3) is 7.00. The van der Waals surface area contributed by atoms with Crippen LogP contribution in [0.3, 0.4) is 0 Å². The van der Waals surface area contributed by atoms with Crippen LogP contribution in [0.5, 0.6) is 0 Å². The Kier molecular flexibility index (Phi) is 9.88. The number of nitrogens with zero attached hydrogens (tertiary/aromatic N) is 3. The summed E-state index contributed by atoms with van der Waals surface area (Å²) in [5, 5.41) is 2.62. The molecule has 14 heteroatoms. The van der Waals surface area contributed by atoms with E-state index in [9.17, 15) is 14.4 Å². The average molecular weight is 592 g/mol. The summed E-state index contributed by atoms with van der Waals surface area (Å²) in [6, 6.07) is 0. The largest absolute Gasteiger partial charge is 0.454 e. The number of H-pyrrole nitrogens is 1. The Bertz CT molecular complexity index is 1280. The highest BCUT2D eigenvalue weighted by Crippen LogP contribution is 2.37. The summed E-state index contributed by atoms with van der Waals surface area (Å²) < 4.78 is 38.2. The van der Waals surface area contributed by atoms with Crippen LogP contribution < -0.4 is 10.9 Å². The fourth-order valence-corrected chi connectivity index (χ4v) is 5.10. The number of esters is 1. The van der Waals surface area contributed by atoms with Gasteiger partial charge in [0.25, 0.3) is 5.56 Å². The van der Waals surface area contributed by atoms with Gasteiger partial charge in [0.1, 0.15) is 12.2 Å². The average Bonchev–Trinajstić information content (AvgIpc) is 3.54. The maximum absolute atomic E-state index is 13.0. The van der Waals surface area contributed by atoms with E-state index in [1.807, 2.05) is 0 Å². The van der Waals surface area contributed by atoms with Crippen molar-refractivity contribution in [2.45, 2.75) is 103 Å². The van der Waals surface area contributed by atoms with Gasteiger partial charge < -0.3 is 28.4 Å². The third-order valence-corrected chi connectivity index (χ3v) is 7.51. The Balaban J connectivity index is 1.49. The summed E-state index contributed by atoms with van der Waals surface area (Å²) in [7, 11) is 0. The van der Waals surface area contributed by atoms with Crippen LogP contribution in [-0.2, 0) is 38.0 Å². The van der Waals surface area contributed by atoms with Crippen molar-refractivity contribution in [2.75, 3.05) is 25.1 Å². The van der Waals surface area contributed by atoms with Crippen molar-refractivity contribution in [1.29, 1.82) is 0 Å². The van der Waals surface area contributed by atoms with Crippen molar-refractivity contribution in [2.24, 2.45) is 11.8 Å². The molecule has 5 rings (SSSR count). The van der Waals surface area contributed by atoms with Gasteiger partial charge in [0.05, 0.1) is 18.9 Å². The number of ether oxygens (including phenoxy) is 6. The Morgan fingerprint density at radius 2 is 1.76 bits per heavy atom. The van der Waals surface area contributed by atoms with Crippen LogP contribution in [0, 0.1) is 11.8 Å². The molecule has 3 saturated heterocycles. The zero-order valence-corrected chi connectivity index (χ0v) is 24.6. The molecule has 2 aromatic heterocycles. The van der Waals surface area contributed by atoms with Gasteiger partial charge >= 0.3 is 5.97 Å². The summed E-state index contributed by atoms with van der Waals surface area (Å²) >= 11 is 0. The Labute approximate surface area is 243 Å². The van der Waals surface area contributed by atoms with E-state index in [1.165, 1.54) is 10.9 Å². The first-order chi connectivity index (χ1) is 20.2. The molecule has 0 radical (unpaired) electrons. The van der Waals surface area contributed by atoms with Gasteiger partial charge in [-0.2, -0.15) is 4.98 Å². The number of aromatic amines is 1. The summed E-state index contributed by atoms with van der Waals surface area (Å²) in [6.45, 7) is 8.25. The molecule has 14 nitrogen and oxygen atoms in total. The minimum absolute atomic E-state index is 0.0283. The molecule has 1 amide bonds. The van der Waals surface area contributed by atoms with Crippen LogP contribution in [0.1, 0.15) is 72.4 Å². The molecule has 0 bridgehead atoms. The number of carbonyl (C=O) groups is 2. The topological polar surface area (TPSA) is 165 Å². The van der Waals surface area contributed by atoms with Crippen LogP contribution in [0.25, 0.3) is 11.2 Å². The smallest absolute Gasteiger partial charge is 0.308 e. The van der Waals surface area contributed by atoms with Crippen LogP contribution >= 0.6 is 0 Å². The van der Waals surface area contributed by atoms with Crippen LogP contribution in [0.15, 0.2) is 11.1 Å². The van der Waals surface area contributed by atoms with Gasteiger partial charge in [-0.3, -0.25) is 29.3 Å². The molecule has 42 heavy (non-hydrogen) atoms. The summed E-state index contributed by atoms with van der Waals surface area (Å²) in [6.07, 6.45) is 2.52. The number of carbonyl (C=O) groups excluding carboxylic acids is 2. The second-order valence-corrected chi connectivity index (χ2v) is 11.5. The Morgan fingerprint density at radius 1 is 1.05 bits per heavy atom. The minimum atomic E-state index is -0.963. The molecule has 5 heterocycles. The Morgan fingerprint density at radius 3 is 2.40 bits per heavy atom. The van der Waals surface area contributed by atoms with Gasteiger partial charge in [-0.1, -0.05) is 27.7 Å². The molecule has 2 aromatic rings. The van der Waals surface area contributed by atoms with Gasteiger partial charge in [-0.25, -0.2) is 4.98 Å². The summed E-state index contributed by atoms with van der Waals surface area (Å²) in [5.74, 6) is -1.53. The summed E-state index contributed by atoms with van der Waals surface area (Å²) in [4.78, 5) is 49.4. The number of rotatable bonds is 10. The third-order valence-electron chi connectivity index (χ3n) is 7.51. The highest BCUT2D eigenvalue weighted by molar-refractivity contribution is 5.91. The van der Waals surface area contributed by atoms with E-state index >= 15 is 0 Å². The maximum Gasteiger partial charge on any atom is 0.308 e. The minimum Gasteiger partial charge on any atom is -0.454 e. The highest BCUT2D eigenvalue weighted by atomic mass is 16.7. The van der Waals surface area contributed by atoms with E-state index in [1.54, 1.807) is 27.7 Å². The number of aromatic nitrogens is 4. The molecule has 6 atom stereocenters. The van der Waals surface area contributed by atoms with E-state index in [0.717, 1.165) is 32.1 Å². The molecule has 0 aliphatic carbocycles. The number of nitrogens with one attached hydrogen (secondary N) is 2. The first kappa shape index (κ1) is 30.5. The van der Waals surface area contributed by atoms with Crippen LogP contribution in [-0.4, -0.2) is 82.1 Å². The molecule has 3 aliphatic heterocycles. The molecular weight excluding hydrogens is 550 g/mol. The quantitative estimate of drug-likeness (QED) is 0.390. The van der Waals surface area contributed by atoms with E-state index < -0.39 is 48.3 Å². The van der Waals surface area contributed by atoms with Crippen molar-refractivity contribution < 1.29 is 38.0 Å². The number of imidazole rings is 1. The first-order valence-electron chi connectivity index (χ1n) is 14.8. The zero-order valence-electron chi connectivity index (χ0n) is 24.6. The molecule has 2 N–H and O–H groups in total. The van der Waals surface area contributed by atoms with Crippen LogP contribution in [0.4, 0.5) is 5.95 Å². The standard InChI is InChI=1S/C28H41N5O9/c1-15(2)24(34)31-28-30-23-20(25(35)32-28)29-14-33(23)26-22(42-27(36)16(3)4)21(41-19-10-6-8-12-38-19)17(40-26)13-39-18-9-5-7-11-37-18/h14-19,21-22,26H,5-13H2,1-4H3,(H2,30,31,32,34,35)/t17-,18?,19+,21-,22+,26?/m1/s1. The normalized spacial score (nSPS) is 28.4. The van der Waals surface area contributed by atoms with E-state index in [-0.39, 0.29) is 41.8 Å². The fourth-order valence-electron chi connectivity index (χ4n) is 5.10. The van der Waals surface area contributed by atoms with Crippen molar-refractivity contribution >= 4 is 29.0 Å². The molecule has 0 aromatic carbocycles. The van der Waals surface area contributed by atoms with Crippen molar-refractivity contribution in [3.63, 3.8) is 0 Å². The number of hydrogen-bond donors (Lipinski definition) is 2. The summed E-state index contributed by atoms with van der Waals surface area (Å²) in [5.41, 5.74) is -0.346.